The number of halogens is 3. The molecular weight excluding hydrogens is 395 g/mol. The molecule has 0 aliphatic heterocycles. The van der Waals surface area contributed by atoms with Crippen molar-refractivity contribution in [2.75, 3.05) is 6.54 Å². The van der Waals surface area contributed by atoms with Crippen molar-refractivity contribution in [3.05, 3.63) is 61.1 Å². The van der Waals surface area contributed by atoms with Crippen LogP contribution in [0.15, 0.2) is 30.3 Å². The van der Waals surface area contributed by atoms with Crippen LogP contribution in [0.25, 0.3) is 0 Å². The second-order valence-electron chi connectivity index (χ2n) is 4.45. The molecule has 2 aromatic rings. The van der Waals surface area contributed by atoms with E-state index in [-0.39, 0.29) is 21.5 Å². The number of nitrogens with two attached hydrogens (primary N) is 1. The number of benzene rings is 2. The maximum Gasteiger partial charge on any atom is 0.342 e. The summed E-state index contributed by atoms with van der Waals surface area (Å²) in [6.45, 7) is 2.65. The fourth-order valence-corrected chi connectivity index (χ4v) is 2.55. The van der Waals surface area contributed by atoms with Gasteiger partial charge in [-0.25, -0.2) is 4.79 Å². The largest absolute Gasteiger partial charge is 0.477 e. The minimum atomic E-state index is -1.45. The number of nitro benzene ring substituents is 1. The molecule has 25 heavy (non-hydrogen) atoms. The fraction of sp³-hybridized carbons (Fsp3) is 0.133. The zero-order valence-electron chi connectivity index (χ0n) is 12.8. The molecule has 0 aliphatic carbocycles. The monoisotopic (exact) mass is 406 g/mol. The topological polar surface area (TPSA) is 116 Å². The molecule has 0 unspecified atom stereocenters. The van der Waals surface area contributed by atoms with Gasteiger partial charge in [-0.3, -0.25) is 10.1 Å². The Hall–Kier alpha value is -2.06. The minimum absolute atomic E-state index is 0.0362. The molecule has 0 saturated heterocycles. The SMILES string of the molecule is CCN.O=C(O)c1cc(Oc2c(Cl)cc(Cl)cc2Cl)ccc1[N+](=O)[O-]. The van der Waals surface area contributed by atoms with Crippen LogP contribution in [0.3, 0.4) is 0 Å². The Bertz CT molecular complexity index is 776. The lowest BCUT2D eigenvalue weighted by Crippen LogP contribution is -2.03. The van der Waals surface area contributed by atoms with E-state index in [9.17, 15) is 14.9 Å². The summed E-state index contributed by atoms with van der Waals surface area (Å²) in [5.41, 5.74) is 3.79. The molecule has 0 aromatic heterocycles. The van der Waals surface area contributed by atoms with Gasteiger partial charge in [0.2, 0.25) is 0 Å². The van der Waals surface area contributed by atoms with Crippen LogP contribution in [-0.4, -0.2) is 22.5 Å². The molecule has 10 heteroatoms. The van der Waals surface area contributed by atoms with E-state index >= 15 is 0 Å². The van der Waals surface area contributed by atoms with Crippen molar-refractivity contribution in [1.29, 1.82) is 0 Å². The van der Waals surface area contributed by atoms with Crippen molar-refractivity contribution in [2.45, 2.75) is 6.92 Å². The lowest BCUT2D eigenvalue weighted by atomic mass is 10.1. The third-order valence-corrected chi connectivity index (χ3v) is 3.36. The quantitative estimate of drug-likeness (QED) is 0.543. The molecule has 7 nitrogen and oxygen atoms in total. The van der Waals surface area contributed by atoms with Crippen LogP contribution in [0.2, 0.25) is 15.1 Å². The van der Waals surface area contributed by atoms with Gasteiger partial charge in [0.15, 0.2) is 5.75 Å². The van der Waals surface area contributed by atoms with Crippen LogP contribution in [0.4, 0.5) is 5.69 Å². The summed E-state index contributed by atoms with van der Waals surface area (Å²) < 4.78 is 5.41. The number of hydrogen-bond donors (Lipinski definition) is 2. The van der Waals surface area contributed by atoms with Gasteiger partial charge in [-0.2, -0.15) is 0 Å². The summed E-state index contributed by atoms with van der Waals surface area (Å²) in [4.78, 5) is 21.1. The molecule has 0 spiro atoms. The van der Waals surface area contributed by atoms with Crippen LogP contribution >= 0.6 is 34.8 Å². The normalized spacial score (nSPS) is 9.80. The van der Waals surface area contributed by atoms with Gasteiger partial charge in [-0.1, -0.05) is 41.7 Å². The summed E-state index contributed by atoms with van der Waals surface area (Å²) in [7, 11) is 0. The summed E-state index contributed by atoms with van der Waals surface area (Å²) >= 11 is 17.7. The predicted octanol–water partition coefficient (Wildman–Crippen LogP) is 5.01. The Morgan fingerprint density at radius 1 is 1.24 bits per heavy atom. The molecule has 2 rings (SSSR count). The van der Waals surface area contributed by atoms with Crippen LogP contribution in [-0.2, 0) is 0 Å². The molecule has 134 valence electrons. The summed E-state index contributed by atoms with van der Waals surface area (Å²) in [6.07, 6.45) is 0. The predicted molar refractivity (Wildman–Crippen MR) is 96.3 cm³/mol. The van der Waals surface area contributed by atoms with Crippen molar-refractivity contribution in [3.63, 3.8) is 0 Å². The van der Waals surface area contributed by atoms with E-state index in [0.29, 0.717) is 5.02 Å². The van der Waals surface area contributed by atoms with Gasteiger partial charge in [0.1, 0.15) is 11.3 Å². The van der Waals surface area contributed by atoms with Crippen LogP contribution in [0, 0.1) is 10.1 Å². The molecule has 2 aromatic carbocycles. The smallest absolute Gasteiger partial charge is 0.342 e. The first-order chi connectivity index (χ1) is 11.7. The van der Waals surface area contributed by atoms with Crippen molar-refractivity contribution in [2.24, 2.45) is 5.73 Å². The first kappa shape index (κ1) is 21.0. The lowest BCUT2D eigenvalue weighted by Gasteiger charge is -2.10. The third-order valence-electron chi connectivity index (χ3n) is 2.58. The van der Waals surface area contributed by atoms with Gasteiger partial charge in [0, 0.05) is 17.2 Å². The van der Waals surface area contributed by atoms with Gasteiger partial charge >= 0.3 is 5.97 Å². The molecule has 0 heterocycles. The lowest BCUT2D eigenvalue weighted by molar-refractivity contribution is -0.385. The Labute approximate surface area is 158 Å². The van der Waals surface area contributed by atoms with E-state index in [2.05, 4.69) is 0 Å². The second kappa shape index (κ2) is 9.43. The van der Waals surface area contributed by atoms with Crippen molar-refractivity contribution in [3.8, 4) is 11.5 Å². The number of aromatic carboxylic acids is 1. The first-order valence-electron chi connectivity index (χ1n) is 6.75. The highest BCUT2D eigenvalue weighted by atomic mass is 35.5. The van der Waals surface area contributed by atoms with E-state index in [1.54, 1.807) is 0 Å². The fourth-order valence-electron chi connectivity index (χ4n) is 1.65. The zero-order chi connectivity index (χ0) is 19.1. The van der Waals surface area contributed by atoms with E-state index < -0.39 is 22.1 Å². The van der Waals surface area contributed by atoms with E-state index in [4.69, 9.17) is 50.4 Å². The Morgan fingerprint density at radius 3 is 2.20 bits per heavy atom. The minimum Gasteiger partial charge on any atom is -0.477 e. The van der Waals surface area contributed by atoms with Gasteiger partial charge in [0.05, 0.1) is 15.0 Å². The number of nitro groups is 1. The molecule has 0 atom stereocenters. The molecule has 0 bridgehead atoms. The number of rotatable bonds is 4. The van der Waals surface area contributed by atoms with E-state index in [1.807, 2.05) is 6.92 Å². The van der Waals surface area contributed by atoms with Crippen molar-refractivity contribution < 1.29 is 19.6 Å². The summed E-state index contributed by atoms with van der Waals surface area (Å²) in [5.74, 6) is -1.35. The molecule has 0 aliphatic rings. The molecule has 0 radical (unpaired) electrons. The van der Waals surface area contributed by atoms with Crippen molar-refractivity contribution >= 4 is 46.5 Å². The number of carboxylic acid groups (broad SMARTS) is 1. The second-order valence-corrected chi connectivity index (χ2v) is 5.70. The number of carbonyl (C=O) groups is 1. The van der Waals surface area contributed by atoms with Crippen LogP contribution < -0.4 is 10.5 Å². The number of hydrogen-bond acceptors (Lipinski definition) is 5. The number of ether oxygens (including phenoxy) is 1. The molecule has 0 saturated carbocycles. The Balaban J connectivity index is 0.000000970. The van der Waals surface area contributed by atoms with Gasteiger partial charge in [-0.05, 0) is 24.7 Å². The van der Waals surface area contributed by atoms with E-state index in [0.717, 1.165) is 18.7 Å². The molecule has 3 N–H and O–H groups in total. The van der Waals surface area contributed by atoms with Gasteiger partial charge < -0.3 is 15.6 Å². The van der Waals surface area contributed by atoms with Crippen LogP contribution in [0.1, 0.15) is 17.3 Å². The Kier molecular flexibility index (Phi) is 7.92. The zero-order valence-corrected chi connectivity index (χ0v) is 15.1. The maximum atomic E-state index is 11.1. The number of carboxylic acids is 1. The third kappa shape index (κ3) is 5.75. The molecule has 0 fully saturated rings. The van der Waals surface area contributed by atoms with Gasteiger partial charge in [0.25, 0.3) is 5.69 Å². The Morgan fingerprint density at radius 2 is 1.76 bits per heavy atom. The standard InChI is InChI=1S/C13H6Cl3NO5.C2H7N/c14-6-3-9(15)12(10(16)4-6)22-7-1-2-11(17(20)21)8(5-7)13(18)19;1-2-3/h1-5H,(H,18,19);2-3H2,1H3. The van der Waals surface area contributed by atoms with E-state index in [1.165, 1.54) is 18.2 Å². The maximum absolute atomic E-state index is 11.1. The molecule has 0 amide bonds. The highest BCUT2D eigenvalue weighted by molar-refractivity contribution is 6.40. The average molecular weight is 408 g/mol. The number of nitrogens with zero attached hydrogens (tertiary/aromatic N) is 1. The highest BCUT2D eigenvalue weighted by Gasteiger charge is 2.21. The van der Waals surface area contributed by atoms with Crippen molar-refractivity contribution in [1.82, 2.24) is 0 Å². The first-order valence-corrected chi connectivity index (χ1v) is 7.88. The molecular formula is C15H13Cl3N2O5. The highest BCUT2D eigenvalue weighted by Crippen LogP contribution is 2.39. The van der Waals surface area contributed by atoms with Crippen LogP contribution in [0.5, 0.6) is 11.5 Å². The van der Waals surface area contributed by atoms with Gasteiger partial charge in [-0.15, -0.1) is 0 Å². The average Bonchev–Trinajstić information content (AvgIpc) is 2.51. The summed E-state index contributed by atoms with van der Waals surface area (Å²) in [5, 5.41) is 20.3. The summed E-state index contributed by atoms with van der Waals surface area (Å²) in [6, 6.07) is 6.08.